The molecule has 0 saturated heterocycles. The fourth-order valence-electron chi connectivity index (χ4n) is 1.50. The smallest absolute Gasteiger partial charge is 0.167 e. The Bertz CT molecular complexity index is 594. The monoisotopic (exact) mass is 332 g/mol. The number of hydrogen-bond acceptors (Lipinski definition) is 1. The molecule has 0 fully saturated rings. The van der Waals surface area contributed by atoms with Gasteiger partial charge in [0.15, 0.2) is 5.75 Å². The Morgan fingerprint density at radius 2 is 1.37 bits per heavy atom. The molecule has 0 aliphatic rings. The Balaban J connectivity index is 2.56. The third-order valence-electron chi connectivity index (χ3n) is 2.42. The molecule has 0 heterocycles. The summed E-state index contributed by atoms with van der Waals surface area (Å²) in [5, 5.41) is 0.929. The fourth-order valence-corrected chi connectivity index (χ4v) is 2.59. The number of halogens is 4. The predicted octanol–water partition coefficient (Wildman–Crippen LogP) is 6.74. The van der Waals surface area contributed by atoms with Crippen molar-refractivity contribution in [2.75, 3.05) is 0 Å². The molecule has 0 spiro atoms. The second-order valence-corrected chi connectivity index (χ2v) is 5.13. The zero-order chi connectivity index (χ0) is 14.0. The molecule has 2 aromatic rings. The number of hydrogen-bond donors (Lipinski definition) is 0. The van der Waals surface area contributed by atoms with E-state index in [1.54, 1.807) is 12.1 Å². The van der Waals surface area contributed by atoms with Crippen LogP contribution in [0.3, 0.4) is 0 Å². The van der Waals surface area contributed by atoms with Gasteiger partial charge in [-0.3, -0.25) is 0 Å². The van der Waals surface area contributed by atoms with Crippen molar-refractivity contribution in [3.05, 3.63) is 62.6 Å². The third-order valence-corrected chi connectivity index (χ3v) is 4.12. The van der Waals surface area contributed by atoms with Crippen LogP contribution in [0.4, 0.5) is 0 Å². The SMILES string of the molecule is C=Cc1c(Cl)c(Cl)c(Oc2ccccc2)c(Cl)c1Cl. The molecular weight excluding hydrogens is 326 g/mol. The summed E-state index contributed by atoms with van der Waals surface area (Å²) in [6.45, 7) is 3.62. The lowest BCUT2D eigenvalue weighted by molar-refractivity contribution is 0.483. The molecular formula is C14H8Cl4O. The number of rotatable bonds is 3. The lowest BCUT2D eigenvalue weighted by atomic mass is 10.2. The summed E-state index contributed by atoms with van der Waals surface area (Å²) >= 11 is 24.5. The summed E-state index contributed by atoms with van der Waals surface area (Å²) < 4.78 is 5.63. The maximum Gasteiger partial charge on any atom is 0.167 e. The first-order valence-electron chi connectivity index (χ1n) is 5.27. The number of para-hydroxylation sites is 1. The van der Waals surface area contributed by atoms with Crippen LogP contribution >= 0.6 is 46.4 Å². The molecule has 0 unspecified atom stereocenters. The topological polar surface area (TPSA) is 9.23 Å². The van der Waals surface area contributed by atoms with Crippen LogP contribution in [0.25, 0.3) is 6.08 Å². The van der Waals surface area contributed by atoms with Crippen molar-refractivity contribution >= 4 is 52.5 Å². The van der Waals surface area contributed by atoms with Crippen LogP contribution in [-0.4, -0.2) is 0 Å². The minimum atomic E-state index is 0.204. The van der Waals surface area contributed by atoms with Crippen molar-refractivity contribution in [2.45, 2.75) is 0 Å². The average molecular weight is 334 g/mol. The van der Waals surface area contributed by atoms with E-state index in [9.17, 15) is 0 Å². The first-order valence-corrected chi connectivity index (χ1v) is 6.78. The molecule has 0 aromatic heterocycles. The van der Waals surface area contributed by atoms with Gasteiger partial charge in [-0.15, -0.1) is 0 Å². The van der Waals surface area contributed by atoms with Gasteiger partial charge in [-0.05, 0) is 12.1 Å². The van der Waals surface area contributed by atoms with Crippen molar-refractivity contribution in [1.82, 2.24) is 0 Å². The maximum absolute atomic E-state index is 6.16. The molecule has 5 heteroatoms. The fraction of sp³-hybridized carbons (Fsp3) is 0. The van der Waals surface area contributed by atoms with Gasteiger partial charge in [-0.25, -0.2) is 0 Å². The van der Waals surface area contributed by atoms with E-state index in [-0.39, 0.29) is 25.8 Å². The van der Waals surface area contributed by atoms with Crippen LogP contribution in [0.5, 0.6) is 11.5 Å². The molecule has 19 heavy (non-hydrogen) atoms. The van der Waals surface area contributed by atoms with E-state index in [1.165, 1.54) is 6.08 Å². The Labute approximate surface area is 131 Å². The van der Waals surface area contributed by atoms with Crippen molar-refractivity contribution in [1.29, 1.82) is 0 Å². The molecule has 0 amide bonds. The van der Waals surface area contributed by atoms with Crippen LogP contribution in [0.1, 0.15) is 5.56 Å². The number of benzene rings is 2. The standard InChI is InChI=1S/C14H8Cl4O/c1-2-9-10(15)12(17)14(13(18)11(9)16)19-8-6-4-3-5-7-8/h2-7H,1H2. The van der Waals surface area contributed by atoms with Gasteiger partial charge in [0.2, 0.25) is 0 Å². The lowest BCUT2D eigenvalue weighted by Gasteiger charge is -2.14. The van der Waals surface area contributed by atoms with Gasteiger partial charge in [-0.2, -0.15) is 0 Å². The van der Waals surface area contributed by atoms with Crippen LogP contribution in [0, 0.1) is 0 Å². The highest BCUT2D eigenvalue weighted by Gasteiger charge is 2.20. The van der Waals surface area contributed by atoms with Gasteiger partial charge in [0.05, 0.1) is 10.0 Å². The molecule has 1 nitrogen and oxygen atoms in total. The molecule has 0 aliphatic carbocycles. The van der Waals surface area contributed by atoms with E-state index in [0.29, 0.717) is 11.3 Å². The molecule has 0 saturated carbocycles. The predicted molar refractivity (Wildman–Crippen MR) is 83.1 cm³/mol. The molecule has 0 aliphatic heterocycles. The summed E-state index contributed by atoms with van der Waals surface area (Å²) in [4.78, 5) is 0. The first-order chi connectivity index (χ1) is 9.06. The van der Waals surface area contributed by atoms with E-state index < -0.39 is 0 Å². The Morgan fingerprint density at radius 3 is 1.84 bits per heavy atom. The number of ether oxygens (including phenoxy) is 1. The summed E-state index contributed by atoms with van der Waals surface area (Å²) in [5.74, 6) is 0.819. The highest BCUT2D eigenvalue weighted by atomic mass is 35.5. The van der Waals surface area contributed by atoms with Gasteiger partial charge in [0, 0.05) is 5.56 Å². The molecule has 2 rings (SSSR count). The third kappa shape index (κ3) is 2.85. The van der Waals surface area contributed by atoms with Gasteiger partial charge in [0.1, 0.15) is 15.8 Å². The van der Waals surface area contributed by atoms with Crippen molar-refractivity contribution < 1.29 is 4.74 Å². The maximum atomic E-state index is 6.16. The zero-order valence-corrected chi connectivity index (χ0v) is 12.6. The van der Waals surface area contributed by atoms with E-state index in [4.69, 9.17) is 51.1 Å². The van der Waals surface area contributed by atoms with Gasteiger partial charge >= 0.3 is 0 Å². The van der Waals surface area contributed by atoms with Gasteiger partial charge < -0.3 is 4.74 Å². The summed E-state index contributed by atoms with van der Waals surface area (Å²) in [7, 11) is 0. The van der Waals surface area contributed by atoms with Crippen LogP contribution in [0.15, 0.2) is 36.9 Å². The van der Waals surface area contributed by atoms with Crippen molar-refractivity contribution in [3.8, 4) is 11.5 Å². The molecule has 98 valence electrons. The Kier molecular flexibility index (Phi) is 4.64. The molecule has 0 radical (unpaired) electrons. The first kappa shape index (κ1) is 14.5. The van der Waals surface area contributed by atoms with Gasteiger partial charge in [0.25, 0.3) is 0 Å². The summed E-state index contributed by atoms with van der Waals surface area (Å²) in [6.07, 6.45) is 1.49. The largest absolute Gasteiger partial charge is 0.454 e. The second kappa shape index (κ2) is 6.06. The molecule has 2 aromatic carbocycles. The highest BCUT2D eigenvalue weighted by Crippen LogP contribution is 2.47. The zero-order valence-electron chi connectivity index (χ0n) is 9.59. The Hall–Kier alpha value is -0.860. The molecule has 0 bridgehead atoms. The average Bonchev–Trinajstić information content (AvgIpc) is 2.43. The summed E-state index contributed by atoms with van der Waals surface area (Å²) in [5.41, 5.74) is 0.485. The van der Waals surface area contributed by atoms with Gasteiger partial charge in [-0.1, -0.05) is 77.3 Å². The Morgan fingerprint density at radius 1 is 0.842 bits per heavy atom. The quantitative estimate of drug-likeness (QED) is 0.565. The minimum absolute atomic E-state index is 0.204. The summed E-state index contributed by atoms with van der Waals surface area (Å²) in [6, 6.07) is 9.08. The van der Waals surface area contributed by atoms with E-state index in [1.807, 2.05) is 18.2 Å². The van der Waals surface area contributed by atoms with E-state index in [0.717, 1.165) is 0 Å². The van der Waals surface area contributed by atoms with E-state index in [2.05, 4.69) is 6.58 Å². The van der Waals surface area contributed by atoms with Crippen molar-refractivity contribution in [2.24, 2.45) is 0 Å². The van der Waals surface area contributed by atoms with Crippen LogP contribution < -0.4 is 4.74 Å². The molecule has 0 atom stereocenters. The minimum Gasteiger partial charge on any atom is -0.454 e. The lowest BCUT2D eigenvalue weighted by Crippen LogP contribution is -1.91. The highest BCUT2D eigenvalue weighted by molar-refractivity contribution is 6.50. The van der Waals surface area contributed by atoms with Crippen LogP contribution in [0.2, 0.25) is 20.1 Å². The van der Waals surface area contributed by atoms with E-state index >= 15 is 0 Å². The van der Waals surface area contributed by atoms with Crippen molar-refractivity contribution in [3.63, 3.8) is 0 Å². The molecule has 0 N–H and O–H groups in total. The normalized spacial score (nSPS) is 10.3. The second-order valence-electron chi connectivity index (χ2n) is 3.62. The van der Waals surface area contributed by atoms with Crippen LogP contribution in [-0.2, 0) is 0 Å².